The van der Waals surface area contributed by atoms with Crippen molar-refractivity contribution in [2.24, 2.45) is 23.0 Å². The minimum atomic E-state index is 0.402. The van der Waals surface area contributed by atoms with Gasteiger partial charge in [0.2, 0.25) is 0 Å². The van der Waals surface area contributed by atoms with Crippen molar-refractivity contribution >= 4 is 0 Å². The van der Waals surface area contributed by atoms with E-state index in [4.69, 9.17) is 5.73 Å². The smallest absolute Gasteiger partial charge is 0.0171 e. The van der Waals surface area contributed by atoms with Gasteiger partial charge in [-0.15, -0.1) is 0 Å². The van der Waals surface area contributed by atoms with Crippen LogP contribution in [0, 0.1) is 17.3 Å². The van der Waals surface area contributed by atoms with E-state index in [0.29, 0.717) is 11.5 Å². The Balaban J connectivity index is 1.94. The molecule has 0 radical (unpaired) electrons. The minimum absolute atomic E-state index is 0.402. The molecule has 0 aromatic rings. The van der Waals surface area contributed by atoms with Crippen molar-refractivity contribution in [3.8, 4) is 0 Å². The Labute approximate surface area is 113 Å². The maximum absolute atomic E-state index is 6.31. The molecule has 3 unspecified atom stereocenters. The van der Waals surface area contributed by atoms with Crippen molar-refractivity contribution in [3.05, 3.63) is 0 Å². The fourth-order valence-electron chi connectivity index (χ4n) is 3.94. The van der Waals surface area contributed by atoms with E-state index in [0.717, 1.165) is 24.4 Å². The first-order valence-corrected chi connectivity index (χ1v) is 7.88. The lowest BCUT2D eigenvalue weighted by molar-refractivity contribution is 0.0770. The third-order valence-electron chi connectivity index (χ3n) is 4.55. The van der Waals surface area contributed by atoms with Crippen LogP contribution in [-0.4, -0.2) is 30.1 Å². The Morgan fingerprint density at radius 3 is 2.39 bits per heavy atom. The number of rotatable bonds is 4. The molecular weight excluding hydrogens is 220 g/mol. The molecule has 1 saturated carbocycles. The Morgan fingerprint density at radius 2 is 1.89 bits per heavy atom. The Kier molecular flexibility index (Phi) is 4.38. The van der Waals surface area contributed by atoms with Gasteiger partial charge < -0.3 is 5.73 Å². The molecule has 2 fully saturated rings. The average molecular weight is 252 g/mol. The summed E-state index contributed by atoms with van der Waals surface area (Å²) >= 11 is 0. The van der Waals surface area contributed by atoms with E-state index in [1.165, 1.54) is 38.6 Å². The summed E-state index contributed by atoms with van der Waals surface area (Å²) in [7, 11) is 0. The van der Waals surface area contributed by atoms with Gasteiger partial charge in [-0.3, -0.25) is 4.90 Å². The molecule has 0 bridgehead atoms. The molecule has 0 amide bonds. The molecule has 18 heavy (non-hydrogen) atoms. The van der Waals surface area contributed by atoms with E-state index < -0.39 is 0 Å². The summed E-state index contributed by atoms with van der Waals surface area (Å²) in [5.41, 5.74) is 6.74. The van der Waals surface area contributed by atoms with Crippen molar-refractivity contribution in [1.29, 1.82) is 0 Å². The predicted molar refractivity (Wildman–Crippen MR) is 78.5 cm³/mol. The number of hydrogen-bond acceptors (Lipinski definition) is 2. The van der Waals surface area contributed by atoms with Gasteiger partial charge >= 0.3 is 0 Å². The van der Waals surface area contributed by atoms with Gasteiger partial charge in [0.1, 0.15) is 0 Å². The molecule has 2 heteroatoms. The average Bonchev–Trinajstić information content (AvgIpc) is 2.99. The van der Waals surface area contributed by atoms with E-state index >= 15 is 0 Å². The highest BCUT2D eigenvalue weighted by atomic mass is 15.2. The first kappa shape index (κ1) is 14.3. The fraction of sp³-hybridized carbons (Fsp3) is 1.00. The lowest BCUT2D eigenvalue weighted by Gasteiger charge is -2.42. The topological polar surface area (TPSA) is 29.3 Å². The van der Waals surface area contributed by atoms with Gasteiger partial charge in [-0.25, -0.2) is 0 Å². The van der Waals surface area contributed by atoms with Crippen LogP contribution in [0.2, 0.25) is 0 Å². The SMILES string of the molecule is CCC(C1CC1)N1CC(N)CC(CC(C)(C)C)C1. The highest BCUT2D eigenvalue weighted by molar-refractivity contribution is 4.92. The van der Waals surface area contributed by atoms with Gasteiger partial charge in [0.25, 0.3) is 0 Å². The molecule has 1 aliphatic heterocycles. The van der Waals surface area contributed by atoms with Gasteiger partial charge in [0.15, 0.2) is 0 Å². The first-order chi connectivity index (χ1) is 8.39. The van der Waals surface area contributed by atoms with Crippen molar-refractivity contribution in [2.75, 3.05) is 13.1 Å². The van der Waals surface area contributed by atoms with Crippen LogP contribution < -0.4 is 5.73 Å². The van der Waals surface area contributed by atoms with Crippen molar-refractivity contribution in [2.45, 2.75) is 71.9 Å². The van der Waals surface area contributed by atoms with E-state index in [1.54, 1.807) is 0 Å². The van der Waals surface area contributed by atoms with Gasteiger partial charge in [-0.2, -0.15) is 0 Å². The van der Waals surface area contributed by atoms with Crippen LogP contribution in [0.25, 0.3) is 0 Å². The molecule has 1 aliphatic carbocycles. The zero-order valence-corrected chi connectivity index (χ0v) is 12.8. The zero-order chi connectivity index (χ0) is 13.3. The third-order valence-corrected chi connectivity index (χ3v) is 4.55. The third kappa shape index (κ3) is 3.96. The van der Waals surface area contributed by atoms with Gasteiger partial charge in [-0.1, -0.05) is 27.7 Å². The molecule has 3 atom stereocenters. The summed E-state index contributed by atoms with van der Waals surface area (Å²) in [5, 5.41) is 0. The molecule has 0 spiro atoms. The van der Waals surface area contributed by atoms with Crippen LogP contribution in [0.5, 0.6) is 0 Å². The monoisotopic (exact) mass is 252 g/mol. The van der Waals surface area contributed by atoms with Gasteiger partial charge in [-0.05, 0) is 49.4 Å². The van der Waals surface area contributed by atoms with Crippen LogP contribution in [-0.2, 0) is 0 Å². The summed E-state index contributed by atoms with van der Waals surface area (Å²) < 4.78 is 0. The number of piperidine rings is 1. The molecule has 0 aromatic carbocycles. The van der Waals surface area contributed by atoms with Crippen LogP contribution >= 0.6 is 0 Å². The quantitative estimate of drug-likeness (QED) is 0.832. The van der Waals surface area contributed by atoms with Crippen LogP contribution in [0.3, 0.4) is 0 Å². The maximum Gasteiger partial charge on any atom is 0.0171 e. The Hall–Kier alpha value is -0.0800. The second kappa shape index (κ2) is 5.50. The molecule has 2 nitrogen and oxygen atoms in total. The van der Waals surface area contributed by atoms with Crippen molar-refractivity contribution in [1.82, 2.24) is 4.90 Å². The molecule has 1 saturated heterocycles. The largest absolute Gasteiger partial charge is 0.327 e. The summed E-state index contributed by atoms with van der Waals surface area (Å²) in [4.78, 5) is 2.72. The van der Waals surface area contributed by atoms with Crippen molar-refractivity contribution < 1.29 is 0 Å². The van der Waals surface area contributed by atoms with Gasteiger partial charge in [0.05, 0.1) is 0 Å². The van der Waals surface area contributed by atoms with Crippen LogP contribution in [0.15, 0.2) is 0 Å². The van der Waals surface area contributed by atoms with Gasteiger partial charge in [0, 0.05) is 25.2 Å². The summed E-state index contributed by atoms with van der Waals surface area (Å²) in [6.45, 7) is 11.8. The number of hydrogen-bond donors (Lipinski definition) is 1. The highest BCUT2D eigenvalue weighted by Gasteiger charge is 2.38. The lowest BCUT2D eigenvalue weighted by atomic mass is 9.79. The first-order valence-electron chi connectivity index (χ1n) is 7.88. The fourth-order valence-corrected chi connectivity index (χ4v) is 3.94. The molecular formula is C16H32N2. The number of nitrogens with zero attached hydrogens (tertiary/aromatic N) is 1. The molecule has 2 rings (SSSR count). The minimum Gasteiger partial charge on any atom is -0.327 e. The summed E-state index contributed by atoms with van der Waals surface area (Å²) in [5.74, 6) is 1.79. The number of nitrogens with two attached hydrogens (primary N) is 1. The van der Waals surface area contributed by atoms with E-state index in [1.807, 2.05) is 0 Å². The summed E-state index contributed by atoms with van der Waals surface area (Å²) in [6, 6.07) is 1.22. The number of likely N-dealkylation sites (tertiary alicyclic amines) is 1. The second-order valence-corrected chi connectivity index (χ2v) is 7.89. The Bertz CT molecular complexity index is 265. The lowest BCUT2D eigenvalue weighted by Crippen LogP contribution is -2.52. The molecule has 2 aliphatic rings. The van der Waals surface area contributed by atoms with E-state index in [2.05, 4.69) is 32.6 Å². The van der Waals surface area contributed by atoms with E-state index in [9.17, 15) is 0 Å². The molecule has 1 heterocycles. The standard InChI is InChI=1S/C16H32N2/c1-5-15(13-6-7-13)18-10-12(8-14(17)11-18)9-16(2,3)4/h12-15H,5-11,17H2,1-4H3. The molecule has 0 aromatic heterocycles. The second-order valence-electron chi connectivity index (χ2n) is 7.89. The Morgan fingerprint density at radius 1 is 1.22 bits per heavy atom. The van der Waals surface area contributed by atoms with Crippen LogP contribution in [0.4, 0.5) is 0 Å². The van der Waals surface area contributed by atoms with Crippen molar-refractivity contribution in [3.63, 3.8) is 0 Å². The summed E-state index contributed by atoms with van der Waals surface area (Å²) in [6.07, 6.45) is 6.76. The predicted octanol–water partition coefficient (Wildman–Crippen LogP) is 3.26. The van der Waals surface area contributed by atoms with Crippen LogP contribution in [0.1, 0.15) is 59.8 Å². The zero-order valence-electron chi connectivity index (χ0n) is 12.8. The van der Waals surface area contributed by atoms with E-state index in [-0.39, 0.29) is 0 Å². The molecule has 2 N–H and O–H groups in total. The maximum atomic E-state index is 6.31. The molecule has 106 valence electrons. The highest BCUT2D eigenvalue weighted by Crippen LogP contribution is 2.39. The normalized spacial score (nSPS) is 32.5.